The molecule has 0 aromatic carbocycles. The topological polar surface area (TPSA) is 100 Å². The van der Waals surface area contributed by atoms with E-state index in [0.717, 1.165) is 0 Å². The molecular weight excluding hydrogens is 260 g/mol. The molecule has 0 saturated heterocycles. The fourth-order valence-electron chi connectivity index (χ4n) is 1.84. The molecule has 0 saturated carbocycles. The van der Waals surface area contributed by atoms with Gasteiger partial charge in [-0.25, -0.2) is 9.59 Å². The van der Waals surface area contributed by atoms with Gasteiger partial charge in [0.1, 0.15) is 0 Å². The third-order valence-corrected chi connectivity index (χ3v) is 3.13. The van der Waals surface area contributed by atoms with Crippen LogP contribution in [0.1, 0.15) is 31.8 Å². The van der Waals surface area contributed by atoms with Crippen molar-refractivity contribution in [2.45, 2.75) is 13.8 Å². The first-order chi connectivity index (χ1) is 9.41. The summed E-state index contributed by atoms with van der Waals surface area (Å²) in [5, 5.41) is 17.8. The third kappa shape index (κ3) is 2.35. The first-order valence-corrected chi connectivity index (χ1v) is 5.81. The van der Waals surface area contributed by atoms with Gasteiger partial charge >= 0.3 is 11.9 Å². The van der Waals surface area contributed by atoms with E-state index in [-0.39, 0.29) is 11.1 Å². The summed E-state index contributed by atoms with van der Waals surface area (Å²) in [5.74, 6) is -2.08. The monoisotopic (exact) mass is 272 g/mol. The lowest BCUT2D eigenvalue weighted by molar-refractivity contribution is 0.0685. The van der Waals surface area contributed by atoms with Crippen LogP contribution in [0.4, 0.5) is 0 Å². The number of nitrogens with zero attached hydrogens (tertiary/aromatic N) is 2. The molecule has 0 spiro atoms. The molecule has 0 amide bonds. The van der Waals surface area contributed by atoms with Crippen molar-refractivity contribution in [2.24, 2.45) is 0 Å². The van der Waals surface area contributed by atoms with Gasteiger partial charge in [-0.2, -0.15) is 0 Å². The Bertz CT molecular complexity index is 693. The molecule has 0 bridgehead atoms. The zero-order valence-electron chi connectivity index (χ0n) is 10.9. The number of hydrogen-bond acceptors (Lipinski definition) is 4. The number of carboxylic acid groups (broad SMARTS) is 2. The molecule has 102 valence electrons. The van der Waals surface area contributed by atoms with Gasteiger partial charge in [-0.1, -0.05) is 0 Å². The average molecular weight is 272 g/mol. The van der Waals surface area contributed by atoms with Crippen LogP contribution in [0, 0.1) is 13.8 Å². The van der Waals surface area contributed by atoms with E-state index >= 15 is 0 Å². The summed E-state index contributed by atoms with van der Waals surface area (Å²) in [4.78, 5) is 30.0. The van der Waals surface area contributed by atoms with Crippen LogP contribution in [0.15, 0.2) is 24.5 Å². The van der Waals surface area contributed by atoms with E-state index in [1.165, 1.54) is 18.5 Å². The van der Waals surface area contributed by atoms with Crippen LogP contribution in [0.2, 0.25) is 0 Å². The number of rotatable bonds is 3. The van der Waals surface area contributed by atoms with Crippen LogP contribution in [-0.4, -0.2) is 32.1 Å². The summed E-state index contributed by atoms with van der Waals surface area (Å²) in [5.41, 5.74) is 2.61. The van der Waals surface area contributed by atoms with E-state index in [0.29, 0.717) is 22.5 Å². The maximum absolute atomic E-state index is 11.0. The summed E-state index contributed by atoms with van der Waals surface area (Å²) >= 11 is 0. The fraction of sp³-hybridized carbons (Fsp3) is 0.143. The molecule has 0 atom stereocenters. The summed E-state index contributed by atoms with van der Waals surface area (Å²) < 4.78 is 0. The molecule has 2 N–H and O–H groups in total. The van der Waals surface area contributed by atoms with Gasteiger partial charge in [-0.15, -0.1) is 0 Å². The smallest absolute Gasteiger partial charge is 0.337 e. The number of pyridine rings is 2. The van der Waals surface area contributed by atoms with E-state index in [4.69, 9.17) is 10.2 Å². The van der Waals surface area contributed by atoms with E-state index in [9.17, 15) is 9.59 Å². The van der Waals surface area contributed by atoms with Crippen molar-refractivity contribution in [3.8, 4) is 11.4 Å². The predicted octanol–water partition coefficient (Wildman–Crippen LogP) is 2.16. The van der Waals surface area contributed by atoms with Crippen LogP contribution in [-0.2, 0) is 0 Å². The van der Waals surface area contributed by atoms with Gasteiger partial charge in [0, 0.05) is 12.4 Å². The molecule has 2 rings (SSSR count). The standard InChI is InChI=1S/C14H12N2O4/c1-7-8(2)12(16-6-10(7)14(19)20)11-4-3-9(5-15-11)13(17)18/h3-6H,1-2H3,(H,17,18)(H,19,20). The molecule has 20 heavy (non-hydrogen) atoms. The minimum atomic E-state index is -1.05. The van der Waals surface area contributed by atoms with E-state index in [1.807, 2.05) is 0 Å². The molecule has 0 fully saturated rings. The third-order valence-electron chi connectivity index (χ3n) is 3.13. The Morgan fingerprint density at radius 1 is 0.950 bits per heavy atom. The van der Waals surface area contributed by atoms with E-state index in [2.05, 4.69) is 9.97 Å². The van der Waals surface area contributed by atoms with Crippen LogP contribution in [0.5, 0.6) is 0 Å². The van der Waals surface area contributed by atoms with Crippen molar-refractivity contribution >= 4 is 11.9 Å². The van der Waals surface area contributed by atoms with Crippen LogP contribution >= 0.6 is 0 Å². The molecular formula is C14H12N2O4. The van der Waals surface area contributed by atoms with Crippen LogP contribution in [0.25, 0.3) is 11.4 Å². The number of carbonyl (C=O) groups is 2. The molecule has 6 nitrogen and oxygen atoms in total. The van der Waals surface area contributed by atoms with Crippen molar-refractivity contribution < 1.29 is 19.8 Å². The lowest BCUT2D eigenvalue weighted by Crippen LogP contribution is -2.05. The van der Waals surface area contributed by atoms with Crippen molar-refractivity contribution in [3.63, 3.8) is 0 Å². The maximum Gasteiger partial charge on any atom is 0.337 e. The van der Waals surface area contributed by atoms with Crippen molar-refractivity contribution in [3.05, 3.63) is 46.8 Å². The minimum absolute atomic E-state index is 0.0882. The molecule has 0 aliphatic heterocycles. The highest BCUT2D eigenvalue weighted by Gasteiger charge is 2.15. The second-order valence-corrected chi connectivity index (χ2v) is 4.31. The molecule has 0 aliphatic carbocycles. The fourth-order valence-corrected chi connectivity index (χ4v) is 1.84. The zero-order valence-corrected chi connectivity index (χ0v) is 10.9. The normalized spacial score (nSPS) is 10.3. The lowest BCUT2D eigenvalue weighted by atomic mass is 10.0. The summed E-state index contributed by atoms with van der Waals surface area (Å²) in [6.45, 7) is 3.46. The highest BCUT2D eigenvalue weighted by molar-refractivity contribution is 5.90. The molecule has 2 heterocycles. The zero-order chi connectivity index (χ0) is 14.9. The van der Waals surface area contributed by atoms with Gasteiger partial charge in [-0.3, -0.25) is 9.97 Å². The van der Waals surface area contributed by atoms with Crippen molar-refractivity contribution in [1.29, 1.82) is 0 Å². The van der Waals surface area contributed by atoms with E-state index in [1.54, 1.807) is 19.9 Å². The maximum atomic E-state index is 11.0. The summed E-state index contributed by atoms with van der Waals surface area (Å²) in [6, 6.07) is 2.99. The Kier molecular flexibility index (Phi) is 3.47. The van der Waals surface area contributed by atoms with Crippen molar-refractivity contribution in [1.82, 2.24) is 9.97 Å². The van der Waals surface area contributed by atoms with Crippen LogP contribution in [0.3, 0.4) is 0 Å². The predicted molar refractivity (Wildman–Crippen MR) is 70.9 cm³/mol. The van der Waals surface area contributed by atoms with E-state index < -0.39 is 11.9 Å². The molecule has 0 unspecified atom stereocenters. The van der Waals surface area contributed by atoms with Gasteiger partial charge < -0.3 is 10.2 Å². The Balaban J connectivity index is 2.51. The largest absolute Gasteiger partial charge is 0.478 e. The van der Waals surface area contributed by atoms with Crippen molar-refractivity contribution in [2.75, 3.05) is 0 Å². The summed E-state index contributed by atoms with van der Waals surface area (Å²) in [7, 11) is 0. The number of carboxylic acids is 2. The number of aromatic nitrogens is 2. The molecule has 2 aromatic rings. The van der Waals surface area contributed by atoms with Gasteiger partial charge in [0.15, 0.2) is 0 Å². The average Bonchev–Trinajstić information content (AvgIpc) is 2.41. The first kappa shape index (κ1) is 13.7. The quantitative estimate of drug-likeness (QED) is 0.887. The van der Waals surface area contributed by atoms with Gasteiger partial charge in [0.2, 0.25) is 0 Å². The Hall–Kier alpha value is -2.76. The van der Waals surface area contributed by atoms with Gasteiger partial charge in [0.25, 0.3) is 0 Å². The molecule has 2 aromatic heterocycles. The second-order valence-electron chi connectivity index (χ2n) is 4.31. The SMILES string of the molecule is Cc1c(C(=O)O)cnc(-c2ccc(C(=O)O)cn2)c1C. The van der Waals surface area contributed by atoms with Crippen LogP contribution < -0.4 is 0 Å². The second kappa shape index (κ2) is 5.08. The number of hydrogen-bond donors (Lipinski definition) is 2. The molecule has 6 heteroatoms. The minimum Gasteiger partial charge on any atom is -0.478 e. The first-order valence-electron chi connectivity index (χ1n) is 5.81. The highest BCUT2D eigenvalue weighted by atomic mass is 16.4. The Morgan fingerprint density at radius 3 is 2.15 bits per heavy atom. The molecule has 0 radical (unpaired) electrons. The van der Waals surface area contributed by atoms with Gasteiger partial charge in [0.05, 0.1) is 22.5 Å². The Labute approximate surface area is 114 Å². The summed E-state index contributed by atoms with van der Waals surface area (Å²) in [6.07, 6.45) is 2.53. The highest BCUT2D eigenvalue weighted by Crippen LogP contribution is 2.23. The lowest BCUT2D eigenvalue weighted by Gasteiger charge is -2.09. The number of aromatic carboxylic acids is 2. The Morgan fingerprint density at radius 2 is 1.65 bits per heavy atom. The van der Waals surface area contributed by atoms with Gasteiger partial charge in [-0.05, 0) is 37.1 Å². The molecule has 0 aliphatic rings.